The van der Waals surface area contributed by atoms with Crippen LogP contribution >= 0.6 is 0 Å². The Balaban J connectivity index is 1.06. The van der Waals surface area contributed by atoms with E-state index in [9.17, 15) is 9.59 Å². The number of nitrogens with zero attached hydrogens (tertiary/aromatic N) is 4. The van der Waals surface area contributed by atoms with Gasteiger partial charge in [-0.3, -0.25) is 14.2 Å². The third kappa shape index (κ3) is 6.77. The largest absolute Gasteiger partial charge is 0.493 e. The molecule has 4 aromatic carbocycles. The molecule has 11 nitrogen and oxygen atoms in total. The average molecular weight is 673 g/mol. The van der Waals surface area contributed by atoms with Crippen molar-refractivity contribution in [3.05, 3.63) is 107 Å². The number of hydrogen-bond acceptors (Lipinski definition) is 9. The molecule has 1 atom stereocenters. The molecule has 50 heavy (non-hydrogen) atoms. The number of hydroxylamine groups is 1. The van der Waals surface area contributed by atoms with E-state index in [2.05, 4.69) is 16.4 Å². The summed E-state index contributed by atoms with van der Waals surface area (Å²) in [7, 11) is 1.51. The number of likely N-dealkylation sites (tertiary alicyclic amines) is 1. The normalized spacial score (nSPS) is 16.0. The van der Waals surface area contributed by atoms with Gasteiger partial charge in [-0.1, -0.05) is 30.3 Å². The van der Waals surface area contributed by atoms with Crippen LogP contribution in [0.1, 0.15) is 42.5 Å². The monoisotopic (exact) mass is 672 g/mol. The van der Waals surface area contributed by atoms with E-state index in [-0.39, 0.29) is 24.2 Å². The van der Waals surface area contributed by atoms with Crippen LogP contribution in [-0.4, -0.2) is 66.1 Å². The number of carbonyl (C=O) groups is 1. The lowest BCUT2D eigenvalue weighted by Gasteiger charge is -2.29. The highest BCUT2D eigenvalue weighted by atomic mass is 16.7. The highest BCUT2D eigenvalue weighted by molar-refractivity contribution is 5.96. The standard InChI is InChI=1S/C39H40N6O5/c1-48-36-23-28(38(46)44-22-8-11-31(44)25-40)12-19-35(36)50-41-26-49-32-16-13-29(14-17-32)45-37(27-9-4-2-5-10-27)42-34-18-15-30(24-33(34)39(45)47)43-20-6-3-7-21-43/h2,4-5,9-10,12-19,23-25,31,40-41H,3,6-8,11,20-22,26H2,1H3/t31-/m0/s1. The van der Waals surface area contributed by atoms with Gasteiger partial charge in [0, 0.05) is 42.7 Å². The zero-order valence-corrected chi connectivity index (χ0v) is 28.0. The van der Waals surface area contributed by atoms with Crippen molar-refractivity contribution in [2.75, 3.05) is 38.4 Å². The molecule has 256 valence electrons. The third-order valence-electron chi connectivity index (χ3n) is 9.34. The SMILES string of the molecule is COc1cc(C(=O)N2CCC[C@H]2C=N)ccc1ONCOc1ccc(-n2c(-c3ccccc3)nc3ccc(N4CCCCC4)cc3c2=O)cc1. The molecule has 2 aliphatic rings. The lowest BCUT2D eigenvalue weighted by atomic mass is 10.1. The lowest BCUT2D eigenvalue weighted by Crippen LogP contribution is -2.36. The fourth-order valence-electron chi connectivity index (χ4n) is 6.72. The van der Waals surface area contributed by atoms with Gasteiger partial charge in [0.05, 0.1) is 29.7 Å². The maximum Gasteiger partial charge on any atom is 0.266 e. The highest BCUT2D eigenvalue weighted by Gasteiger charge is 2.28. The number of nitrogens with one attached hydrogen (secondary N) is 2. The van der Waals surface area contributed by atoms with Gasteiger partial charge in [0.25, 0.3) is 11.5 Å². The van der Waals surface area contributed by atoms with E-state index in [0.29, 0.717) is 51.8 Å². The molecule has 2 fully saturated rings. The predicted octanol–water partition coefficient (Wildman–Crippen LogP) is 6.23. The maximum absolute atomic E-state index is 14.2. The Morgan fingerprint density at radius 2 is 1.68 bits per heavy atom. The van der Waals surface area contributed by atoms with Gasteiger partial charge in [-0.2, -0.15) is 0 Å². The number of methoxy groups -OCH3 is 1. The van der Waals surface area contributed by atoms with E-state index in [4.69, 9.17) is 24.7 Å². The van der Waals surface area contributed by atoms with Crippen LogP contribution in [0.5, 0.6) is 17.2 Å². The van der Waals surface area contributed by atoms with Gasteiger partial charge in [0.15, 0.2) is 18.2 Å². The summed E-state index contributed by atoms with van der Waals surface area (Å²) in [6, 6.07) is 27.8. The molecule has 0 saturated carbocycles. The number of rotatable bonds is 11. The van der Waals surface area contributed by atoms with Gasteiger partial charge in [-0.15, -0.1) is 5.48 Å². The van der Waals surface area contributed by atoms with Crippen molar-refractivity contribution in [3.8, 4) is 34.3 Å². The smallest absolute Gasteiger partial charge is 0.266 e. The van der Waals surface area contributed by atoms with E-state index < -0.39 is 0 Å². The number of benzene rings is 4. The van der Waals surface area contributed by atoms with E-state index in [1.807, 2.05) is 54.6 Å². The second-order valence-electron chi connectivity index (χ2n) is 12.5. The quantitative estimate of drug-likeness (QED) is 0.0734. The third-order valence-corrected chi connectivity index (χ3v) is 9.34. The molecule has 3 heterocycles. The molecule has 2 N–H and O–H groups in total. The van der Waals surface area contributed by atoms with Gasteiger partial charge in [-0.05, 0) is 92.8 Å². The summed E-state index contributed by atoms with van der Waals surface area (Å²) in [6.45, 7) is 2.63. The Labute approximate surface area is 290 Å². The minimum absolute atomic E-state index is 0.0179. The number of amides is 1. The first-order valence-electron chi connectivity index (χ1n) is 17.0. The van der Waals surface area contributed by atoms with Crippen molar-refractivity contribution >= 4 is 28.7 Å². The molecule has 7 rings (SSSR count). The van der Waals surface area contributed by atoms with Crippen molar-refractivity contribution in [2.45, 2.75) is 38.1 Å². The van der Waals surface area contributed by atoms with Crippen molar-refractivity contribution in [1.29, 1.82) is 5.41 Å². The van der Waals surface area contributed by atoms with Crippen LogP contribution in [0.4, 0.5) is 5.69 Å². The second kappa shape index (κ2) is 14.8. The summed E-state index contributed by atoms with van der Waals surface area (Å²) in [5.74, 6) is 1.78. The van der Waals surface area contributed by atoms with Crippen LogP contribution in [0, 0.1) is 5.41 Å². The van der Waals surface area contributed by atoms with Crippen molar-refractivity contribution in [1.82, 2.24) is 19.9 Å². The Morgan fingerprint density at radius 3 is 2.44 bits per heavy atom. The summed E-state index contributed by atoms with van der Waals surface area (Å²) in [5.41, 5.74) is 6.35. The molecular formula is C39H40N6O5. The van der Waals surface area contributed by atoms with Gasteiger partial charge in [-0.25, -0.2) is 4.98 Å². The van der Waals surface area contributed by atoms with Crippen LogP contribution in [0.15, 0.2) is 95.8 Å². The maximum atomic E-state index is 14.2. The molecule has 0 unspecified atom stereocenters. The van der Waals surface area contributed by atoms with Crippen LogP contribution in [0.3, 0.4) is 0 Å². The number of aromatic nitrogens is 2. The van der Waals surface area contributed by atoms with Crippen molar-refractivity contribution < 1.29 is 19.1 Å². The number of anilines is 1. The zero-order valence-electron chi connectivity index (χ0n) is 28.0. The Kier molecular flexibility index (Phi) is 9.75. The average Bonchev–Trinajstić information content (AvgIpc) is 3.66. The number of fused-ring (bicyclic) bond motifs is 1. The first kappa shape index (κ1) is 32.8. The number of ether oxygens (including phenoxy) is 2. The Morgan fingerprint density at radius 1 is 0.900 bits per heavy atom. The van der Waals surface area contributed by atoms with Crippen LogP contribution < -0.4 is 30.3 Å². The predicted molar refractivity (Wildman–Crippen MR) is 194 cm³/mol. The summed E-state index contributed by atoms with van der Waals surface area (Å²) >= 11 is 0. The fraction of sp³-hybridized carbons (Fsp3) is 0.282. The molecule has 0 bridgehead atoms. The highest BCUT2D eigenvalue weighted by Crippen LogP contribution is 2.30. The zero-order chi connectivity index (χ0) is 34.5. The Hall–Kier alpha value is -5.68. The van der Waals surface area contributed by atoms with Crippen LogP contribution in [0.2, 0.25) is 0 Å². The topological polar surface area (TPSA) is 122 Å². The molecule has 0 aliphatic carbocycles. The minimum Gasteiger partial charge on any atom is -0.493 e. The van der Waals surface area contributed by atoms with E-state index in [1.165, 1.54) is 19.7 Å². The van der Waals surface area contributed by atoms with Gasteiger partial charge in [0.1, 0.15) is 11.6 Å². The summed E-state index contributed by atoms with van der Waals surface area (Å²) in [6.07, 6.45) is 6.54. The van der Waals surface area contributed by atoms with Crippen molar-refractivity contribution in [3.63, 3.8) is 0 Å². The van der Waals surface area contributed by atoms with Crippen molar-refractivity contribution in [2.24, 2.45) is 0 Å². The van der Waals surface area contributed by atoms with Gasteiger partial charge in [0.2, 0.25) is 0 Å². The first-order chi connectivity index (χ1) is 24.5. The van der Waals surface area contributed by atoms with Crippen LogP contribution in [0.25, 0.3) is 28.0 Å². The molecule has 2 aliphatic heterocycles. The number of piperidine rings is 1. The lowest BCUT2D eigenvalue weighted by molar-refractivity contribution is 0.0770. The molecule has 5 aromatic rings. The molecular weight excluding hydrogens is 632 g/mol. The van der Waals surface area contributed by atoms with E-state index in [1.54, 1.807) is 39.8 Å². The first-order valence-corrected chi connectivity index (χ1v) is 17.0. The molecule has 2 saturated heterocycles. The minimum atomic E-state index is -0.175. The molecule has 1 aromatic heterocycles. The van der Waals surface area contributed by atoms with E-state index in [0.717, 1.165) is 50.0 Å². The van der Waals surface area contributed by atoms with Crippen LogP contribution in [-0.2, 0) is 0 Å². The van der Waals surface area contributed by atoms with Gasteiger partial charge < -0.3 is 29.5 Å². The summed E-state index contributed by atoms with van der Waals surface area (Å²) < 4.78 is 13.0. The van der Waals surface area contributed by atoms with Gasteiger partial charge >= 0.3 is 0 Å². The molecule has 11 heteroatoms. The fourth-order valence-corrected chi connectivity index (χ4v) is 6.72. The molecule has 1 amide bonds. The Bertz CT molecular complexity index is 2040. The second-order valence-corrected chi connectivity index (χ2v) is 12.5. The summed E-state index contributed by atoms with van der Waals surface area (Å²) in [5, 5.41) is 8.19. The molecule has 0 radical (unpaired) electrons. The number of hydrogen-bond donors (Lipinski definition) is 2. The molecule has 0 spiro atoms. The summed E-state index contributed by atoms with van der Waals surface area (Å²) in [4.78, 5) is 42.0. The number of carbonyl (C=O) groups excluding carboxylic acids is 1. The van der Waals surface area contributed by atoms with E-state index >= 15 is 0 Å².